The Morgan fingerprint density at radius 1 is 1.13 bits per heavy atom. The summed E-state index contributed by atoms with van der Waals surface area (Å²) in [5.74, 6) is 2.66. The number of aliphatic hydroxyl groups is 1. The van der Waals surface area contributed by atoms with Crippen molar-refractivity contribution in [1.29, 1.82) is 0 Å². The molecule has 1 N–H and O–H groups in total. The van der Waals surface area contributed by atoms with Crippen LogP contribution in [0.3, 0.4) is 0 Å². The number of fused-ring (bicyclic) bond motifs is 1. The van der Waals surface area contributed by atoms with Gasteiger partial charge in [-0.2, -0.15) is 5.10 Å². The van der Waals surface area contributed by atoms with Gasteiger partial charge in [0, 0.05) is 41.8 Å². The number of sulfone groups is 1. The maximum absolute atomic E-state index is 14.3. The topological polar surface area (TPSA) is 121 Å². The quantitative estimate of drug-likeness (QED) is 0.216. The highest BCUT2D eigenvalue weighted by molar-refractivity contribution is 7.89. The van der Waals surface area contributed by atoms with Gasteiger partial charge in [-0.1, -0.05) is 24.1 Å². The maximum Gasteiger partial charge on any atom is 0.306 e. The van der Waals surface area contributed by atoms with E-state index in [2.05, 4.69) is 16.9 Å². The number of carbonyl (C=O) groups excluding carboxylic acids is 1. The van der Waals surface area contributed by atoms with E-state index < -0.39 is 44.6 Å². The molecule has 5 rings (SSSR count). The van der Waals surface area contributed by atoms with Crippen LogP contribution < -0.4 is 0 Å². The fraction of sp³-hybridized carbons (Fsp3) is 0.382. The van der Waals surface area contributed by atoms with Crippen LogP contribution in [0.2, 0.25) is 0 Å². The summed E-state index contributed by atoms with van der Waals surface area (Å²) in [6.07, 6.45) is 0.996. The van der Waals surface area contributed by atoms with Gasteiger partial charge in [0.2, 0.25) is 0 Å². The molecule has 12 heteroatoms. The Bertz CT molecular complexity index is 1970. The van der Waals surface area contributed by atoms with Gasteiger partial charge in [0.25, 0.3) is 0 Å². The first kappa shape index (κ1) is 33.2. The highest BCUT2D eigenvalue weighted by Crippen LogP contribution is 2.37. The van der Waals surface area contributed by atoms with Gasteiger partial charge in [0.05, 0.1) is 42.3 Å². The third kappa shape index (κ3) is 7.96. The molecular formula is C34H35F2N3O6S. The van der Waals surface area contributed by atoms with E-state index in [1.807, 2.05) is 6.07 Å². The van der Waals surface area contributed by atoms with E-state index in [-0.39, 0.29) is 31.8 Å². The molecule has 1 atom stereocenters. The first-order chi connectivity index (χ1) is 21.5. The number of pyridine rings is 1. The lowest BCUT2D eigenvalue weighted by atomic mass is 9.87. The molecular weight excluding hydrogens is 616 g/mol. The van der Waals surface area contributed by atoms with Gasteiger partial charge in [-0.05, 0) is 62.9 Å². The maximum atomic E-state index is 14.3. The minimum Gasteiger partial charge on any atom is -0.460 e. The summed E-state index contributed by atoms with van der Waals surface area (Å²) in [6.45, 7) is 5.36. The van der Waals surface area contributed by atoms with Gasteiger partial charge in [-0.3, -0.25) is 9.48 Å². The number of halogens is 2. The number of aryl methyl sites for hydroxylation is 1. The van der Waals surface area contributed by atoms with Crippen LogP contribution in [-0.2, 0) is 43.3 Å². The van der Waals surface area contributed by atoms with Crippen molar-refractivity contribution < 1.29 is 36.6 Å². The summed E-state index contributed by atoms with van der Waals surface area (Å²) in [4.78, 5) is 18.1. The lowest BCUT2D eigenvalue weighted by Gasteiger charge is -2.30. The third-order valence-corrected chi connectivity index (χ3v) is 8.08. The second-order valence-electron chi connectivity index (χ2n) is 12.7. The number of hydrogen-bond donors (Lipinski definition) is 1. The van der Waals surface area contributed by atoms with E-state index in [1.54, 1.807) is 56.8 Å². The number of para-hydroxylation sites is 1. The van der Waals surface area contributed by atoms with Crippen molar-refractivity contribution in [3.8, 4) is 23.0 Å². The molecule has 1 aliphatic heterocycles. The molecule has 0 radical (unpaired) electrons. The Kier molecular flexibility index (Phi) is 9.05. The molecule has 9 nitrogen and oxygen atoms in total. The molecule has 0 saturated carbocycles. The molecule has 46 heavy (non-hydrogen) atoms. The Morgan fingerprint density at radius 2 is 1.83 bits per heavy atom. The second-order valence-corrected chi connectivity index (χ2v) is 14.9. The smallest absolute Gasteiger partial charge is 0.306 e. The van der Waals surface area contributed by atoms with Crippen molar-refractivity contribution in [3.63, 3.8) is 0 Å². The SMILES string of the molecule is Cn1nc(CS(C)(=O)=O)c2cccc(-c3ccc(C#CC4(O)COC4)nc3[C@@H](CC(=O)OC(C)(C)C)Cc3cc(F)cc(F)c3)c21. The van der Waals surface area contributed by atoms with Gasteiger partial charge in [-0.25, -0.2) is 22.2 Å². The third-order valence-electron chi connectivity index (χ3n) is 7.28. The molecule has 0 spiro atoms. The summed E-state index contributed by atoms with van der Waals surface area (Å²) in [5.41, 5.74) is 1.18. The number of benzene rings is 2. The molecule has 1 saturated heterocycles. The number of hydrogen-bond acceptors (Lipinski definition) is 8. The van der Waals surface area contributed by atoms with Crippen molar-refractivity contribution in [3.05, 3.63) is 82.8 Å². The Balaban J connectivity index is 1.71. The molecule has 1 aliphatic rings. The predicted octanol–water partition coefficient (Wildman–Crippen LogP) is 4.63. The molecule has 0 bridgehead atoms. The van der Waals surface area contributed by atoms with Crippen LogP contribution in [0.4, 0.5) is 8.78 Å². The van der Waals surface area contributed by atoms with Gasteiger partial charge in [0.15, 0.2) is 15.4 Å². The summed E-state index contributed by atoms with van der Waals surface area (Å²) in [6, 6.07) is 12.0. The van der Waals surface area contributed by atoms with Crippen LogP contribution in [0.5, 0.6) is 0 Å². The van der Waals surface area contributed by atoms with Gasteiger partial charge >= 0.3 is 5.97 Å². The zero-order chi connectivity index (χ0) is 33.4. The van der Waals surface area contributed by atoms with Gasteiger partial charge < -0.3 is 14.6 Å². The van der Waals surface area contributed by atoms with E-state index in [0.717, 1.165) is 12.3 Å². The van der Waals surface area contributed by atoms with Gasteiger partial charge in [0.1, 0.15) is 22.9 Å². The fourth-order valence-electron chi connectivity index (χ4n) is 5.48. The lowest BCUT2D eigenvalue weighted by molar-refractivity contribution is -0.155. The van der Waals surface area contributed by atoms with Crippen LogP contribution in [0.25, 0.3) is 22.0 Å². The van der Waals surface area contributed by atoms with Crippen LogP contribution in [-0.4, -0.2) is 64.9 Å². The standard InChI is InChI=1S/C34H35F2N3O6S/c1-33(2,3)45-30(40)16-22(13-21-14-23(35)17-24(36)15-21)31-26(10-9-25(37-31)11-12-34(41)19-44-20-34)27-7-6-8-28-29(18-46(5,42)43)38-39(4)32(27)28/h6-10,14-15,17,22,41H,13,16,18-20H2,1-5H3/t22-/m1/s1. The normalized spacial score (nSPS) is 15.1. The number of carbonyl (C=O) groups is 1. The van der Waals surface area contributed by atoms with Gasteiger partial charge in [-0.15, -0.1) is 0 Å². The summed E-state index contributed by atoms with van der Waals surface area (Å²) < 4.78 is 65.3. The zero-order valence-corrected chi connectivity index (χ0v) is 27.0. The van der Waals surface area contributed by atoms with Crippen molar-refractivity contribution in [2.24, 2.45) is 7.05 Å². The van der Waals surface area contributed by atoms with E-state index in [9.17, 15) is 27.1 Å². The molecule has 0 unspecified atom stereocenters. The van der Waals surface area contributed by atoms with Crippen molar-refractivity contribution in [2.75, 3.05) is 19.5 Å². The Morgan fingerprint density at radius 3 is 2.43 bits per heavy atom. The molecule has 2 aromatic heterocycles. The van der Waals surface area contributed by atoms with Crippen molar-refractivity contribution >= 4 is 26.7 Å². The first-order valence-electron chi connectivity index (χ1n) is 14.6. The second kappa shape index (κ2) is 12.5. The molecule has 2 aromatic carbocycles. The summed E-state index contributed by atoms with van der Waals surface area (Å²) in [7, 11) is -1.68. The number of rotatable bonds is 8. The minimum absolute atomic E-state index is 0.0310. The number of nitrogens with zero attached hydrogens (tertiary/aromatic N) is 3. The van der Waals surface area contributed by atoms with Crippen LogP contribution in [0, 0.1) is 23.5 Å². The lowest BCUT2D eigenvalue weighted by Crippen LogP contribution is -2.48. The molecule has 1 fully saturated rings. The molecule has 0 aliphatic carbocycles. The average Bonchev–Trinajstić information content (AvgIpc) is 3.22. The predicted molar refractivity (Wildman–Crippen MR) is 168 cm³/mol. The molecule has 242 valence electrons. The first-order valence-corrected chi connectivity index (χ1v) is 16.7. The van der Waals surface area contributed by atoms with E-state index in [4.69, 9.17) is 14.5 Å². The Hall–Kier alpha value is -4.18. The summed E-state index contributed by atoms with van der Waals surface area (Å²) >= 11 is 0. The van der Waals surface area contributed by atoms with E-state index in [1.165, 1.54) is 12.1 Å². The van der Waals surface area contributed by atoms with Crippen molar-refractivity contribution in [2.45, 2.75) is 56.5 Å². The highest BCUT2D eigenvalue weighted by Gasteiger charge is 2.34. The van der Waals surface area contributed by atoms with Crippen LogP contribution in [0.1, 0.15) is 55.8 Å². The molecule has 3 heterocycles. The molecule has 4 aromatic rings. The van der Waals surface area contributed by atoms with E-state index in [0.29, 0.717) is 44.7 Å². The minimum atomic E-state index is -3.39. The van der Waals surface area contributed by atoms with Crippen LogP contribution >= 0.6 is 0 Å². The zero-order valence-electron chi connectivity index (χ0n) is 26.2. The van der Waals surface area contributed by atoms with Crippen molar-refractivity contribution in [1.82, 2.24) is 14.8 Å². The average molecular weight is 652 g/mol. The largest absolute Gasteiger partial charge is 0.460 e. The molecule has 0 amide bonds. The number of ether oxygens (including phenoxy) is 2. The summed E-state index contributed by atoms with van der Waals surface area (Å²) in [5, 5.41) is 15.6. The monoisotopic (exact) mass is 651 g/mol. The van der Waals surface area contributed by atoms with Crippen LogP contribution in [0.15, 0.2) is 48.5 Å². The highest BCUT2D eigenvalue weighted by atomic mass is 32.2. The number of esters is 1. The number of aromatic nitrogens is 3. The fourth-order valence-corrected chi connectivity index (χ4v) is 6.19. The Labute approximate surface area is 266 Å². The van der Waals surface area contributed by atoms with E-state index >= 15 is 0 Å².